The summed E-state index contributed by atoms with van der Waals surface area (Å²) in [6, 6.07) is 0. The normalized spacial score (nSPS) is 15.6. The second kappa shape index (κ2) is 7.56. The molecule has 0 aromatic carbocycles. The number of ether oxygens (including phenoxy) is 1. The number of carbonyl (C=O) groups is 1. The smallest absolute Gasteiger partial charge is 0.393 e. The van der Waals surface area contributed by atoms with Gasteiger partial charge in [-0.25, -0.2) is 4.79 Å². The van der Waals surface area contributed by atoms with Crippen molar-refractivity contribution >= 4 is 5.97 Å². The first-order chi connectivity index (χ1) is 13.2. The van der Waals surface area contributed by atoms with Gasteiger partial charge < -0.3 is 4.74 Å². The standard InChI is InChI=1S/C12H5F17O2/c1-2-4(30)31-12(28,29)11(26,27)10(24,25)9(22,23)8(20,21)7(18,19)5(13,14)3-6(15,16)17/h2H,1,3H2. The number of halogens is 17. The van der Waals surface area contributed by atoms with Crippen LogP contribution >= 0.6 is 0 Å². The molecule has 0 unspecified atom stereocenters. The van der Waals surface area contributed by atoms with E-state index in [9.17, 15) is 79.4 Å². The molecule has 0 spiro atoms. The maximum absolute atomic E-state index is 13.3. The minimum atomic E-state index is -8.58. The highest BCUT2D eigenvalue weighted by atomic mass is 19.4. The SMILES string of the molecule is C=CC(=O)OC(F)(F)C(F)(F)C(F)(F)C(F)(F)C(F)(F)C(F)(F)C(F)(F)CC(F)(F)F. The molecule has 0 N–H and O–H groups in total. The highest BCUT2D eigenvalue weighted by molar-refractivity contribution is 5.81. The van der Waals surface area contributed by atoms with Crippen molar-refractivity contribution in [3.8, 4) is 0 Å². The Balaban J connectivity index is 6.59. The van der Waals surface area contributed by atoms with Gasteiger partial charge >= 0.3 is 53.8 Å². The Morgan fingerprint density at radius 2 is 0.935 bits per heavy atom. The molecule has 0 bridgehead atoms. The highest BCUT2D eigenvalue weighted by Gasteiger charge is 2.93. The van der Waals surface area contributed by atoms with Crippen LogP contribution in [0.15, 0.2) is 12.7 Å². The lowest BCUT2D eigenvalue weighted by molar-refractivity contribution is -0.462. The van der Waals surface area contributed by atoms with Gasteiger partial charge in [-0.2, -0.15) is 74.6 Å². The fraction of sp³-hybridized carbons (Fsp3) is 0.750. The van der Waals surface area contributed by atoms with E-state index >= 15 is 0 Å². The van der Waals surface area contributed by atoms with Crippen LogP contribution in [0.25, 0.3) is 0 Å². The molecule has 0 radical (unpaired) electrons. The minimum absolute atomic E-state index is 0.458. The van der Waals surface area contributed by atoms with E-state index in [4.69, 9.17) is 0 Å². The van der Waals surface area contributed by atoms with Crippen molar-refractivity contribution in [2.24, 2.45) is 0 Å². The third kappa shape index (κ3) is 4.49. The van der Waals surface area contributed by atoms with Gasteiger partial charge in [0.25, 0.3) is 0 Å². The van der Waals surface area contributed by atoms with Crippen LogP contribution in [0.5, 0.6) is 0 Å². The van der Waals surface area contributed by atoms with Crippen molar-refractivity contribution in [2.75, 3.05) is 0 Å². The molecular formula is C12H5F17O2. The van der Waals surface area contributed by atoms with Crippen molar-refractivity contribution in [2.45, 2.75) is 54.2 Å². The average Bonchev–Trinajstić information content (AvgIpc) is 2.50. The average molecular weight is 504 g/mol. The van der Waals surface area contributed by atoms with Crippen LogP contribution in [0.1, 0.15) is 6.42 Å². The third-order valence-electron chi connectivity index (χ3n) is 3.22. The van der Waals surface area contributed by atoms with Crippen LogP contribution in [0.2, 0.25) is 0 Å². The Hall–Kier alpha value is -1.98. The van der Waals surface area contributed by atoms with Crippen LogP contribution in [-0.4, -0.2) is 53.8 Å². The van der Waals surface area contributed by atoms with Gasteiger partial charge in [0.1, 0.15) is 6.42 Å². The van der Waals surface area contributed by atoms with Gasteiger partial charge in [0, 0.05) is 6.08 Å². The Morgan fingerprint density at radius 3 is 1.26 bits per heavy atom. The molecule has 0 rings (SSSR count). The lowest BCUT2D eigenvalue weighted by Crippen LogP contribution is -2.73. The fourth-order valence-electron chi connectivity index (χ4n) is 1.60. The molecule has 19 heteroatoms. The third-order valence-corrected chi connectivity index (χ3v) is 3.22. The molecule has 0 aliphatic heterocycles. The van der Waals surface area contributed by atoms with E-state index in [1.807, 2.05) is 0 Å². The molecule has 0 fully saturated rings. The first kappa shape index (κ1) is 29.0. The van der Waals surface area contributed by atoms with E-state index in [1.165, 1.54) is 0 Å². The largest absolute Gasteiger partial charge is 0.473 e. The van der Waals surface area contributed by atoms with E-state index in [0.717, 1.165) is 0 Å². The molecule has 0 aliphatic carbocycles. The molecular weight excluding hydrogens is 499 g/mol. The second-order valence-corrected chi connectivity index (χ2v) is 5.51. The summed E-state index contributed by atoms with van der Waals surface area (Å²) in [4.78, 5) is 10.4. The van der Waals surface area contributed by atoms with Crippen molar-refractivity contribution in [3.05, 3.63) is 12.7 Å². The molecule has 0 saturated carbocycles. The maximum atomic E-state index is 13.3. The fourth-order valence-corrected chi connectivity index (χ4v) is 1.60. The highest BCUT2D eigenvalue weighted by Crippen LogP contribution is 2.63. The lowest BCUT2D eigenvalue weighted by atomic mass is 9.90. The minimum Gasteiger partial charge on any atom is -0.393 e. The Kier molecular flexibility index (Phi) is 7.08. The zero-order valence-electron chi connectivity index (χ0n) is 13.7. The second-order valence-electron chi connectivity index (χ2n) is 5.51. The van der Waals surface area contributed by atoms with Crippen molar-refractivity contribution in [1.29, 1.82) is 0 Å². The summed E-state index contributed by atoms with van der Waals surface area (Å²) < 4.78 is 222. The molecule has 2 nitrogen and oxygen atoms in total. The van der Waals surface area contributed by atoms with E-state index in [0.29, 0.717) is 0 Å². The van der Waals surface area contributed by atoms with E-state index < -0.39 is 66.3 Å². The summed E-state index contributed by atoms with van der Waals surface area (Å²) in [5.74, 6) is -51.7. The summed E-state index contributed by atoms with van der Waals surface area (Å²) in [7, 11) is 0. The van der Waals surface area contributed by atoms with Crippen molar-refractivity contribution < 1.29 is 84.2 Å². The number of carbonyl (C=O) groups excluding carboxylic acids is 1. The quantitative estimate of drug-likeness (QED) is 0.217. The Morgan fingerprint density at radius 1 is 0.613 bits per heavy atom. The summed E-state index contributed by atoms with van der Waals surface area (Å²) >= 11 is 0. The van der Waals surface area contributed by atoms with Gasteiger partial charge in [-0.1, -0.05) is 6.58 Å². The predicted octanol–water partition coefficient (Wildman–Crippen LogP) is 6.07. The van der Waals surface area contributed by atoms with Crippen LogP contribution in [0, 0.1) is 0 Å². The molecule has 0 saturated heterocycles. The molecule has 0 heterocycles. The number of esters is 1. The zero-order valence-corrected chi connectivity index (χ0v) is 13.7. The summed E-state index contributed by atoms with van der Waals surface area (Å²) in [5, 5.41) is 0. The summed E-state index contributed by atoms with van der Waals surface area (Å²) in [5.41, 5.74) is 0. The van der Waals surface area contributed by atoms with E-state index in [-0.39, 0.29) is 0 Å². The van der Waals surface area contributed by atoms with Gasteiger partial charge in [-0.05, 0) is 0 Å². The van der Waals surface area contributed by atoms with Crippen molar-refractivity contribution in [3.63, 3.8) is 0 Å². The molecule has 0 aromatic heterocycles. The Bertz CT molecular complexity index is 690. The van der Waals surface area contributed by atoms with Gasteiger partial charge in [-0.3, -0.25) is 0 Å². The zero-order chi connectivity index (χ0) is 25.7. The monoisotopic (exact) mass is 504 g/mol. The predicted molar refractivity (Wildman–Crippen MR) is 61.6 cm³/mol. The molecule has 0 aliphatic rings. The van der Waals surface area contributed by atoms with Gasteiger partial charge in [-0.15, -0.1) is 0 Å². The summed E-state index contributed by atoms with van der Waals surface area (Å²) in [6.07, 6.45) is -18.4. The number of hydrogen-bond acceptors (Lipinski definition) is 2. The van der Waals surface area contributed by atoms with Crippen LogP contribution in [0.4, 0.5) is 74.6 Å². The number of alkyl halides is 17. The maximum Gasteiger partial charge on any atom is 0.473 e. The molecule has 0 amide bonds. The number of rotatable bonds is 9. The first-order valence-electron chi connectivity index (χ1n) is 6.73. The lowest BCUT2D eigenvalue weighted by Gasteiger charge is -2.42. The topological polar surface area (TPSA) is 26.3 Å². The molecule has 184 valence electrons. The van der Waals surface area contributed by atoms with Gasteiger partial charge in [0.15, 0.2) is 0 Å². The molecule has 31 heavy (non-hydrogen) atoms. The van der Waals surface area contributed by atoms with Crippen LogP contribution in [0.3, 0.4) is 0 Å². The molecule has 0 aromatic rings. The van der Waals surface area contributed by atoms with Crippen molar-refractivity contribution in [1.82, 2.24) is 0 Å². The number of hydrogen-bond donors (Lipinski definition) is 0. The summed E-state index contributed by atoms with van der Waals surface area (Å²) in [6.45, 7) is 2.28. The van der Waals surface area contributed by atoms with Gasteiger partial charge in [0.05, 0.1) is 0 Å². The first-order valence-corrected chi connectivity index (χ1v) is 6.73. The van der Waals surface area contributed by atoms with E-state index in [1.54, 1.807) is 0 Å². The Labute approximate surface area is 158 Å². The van der Waals surface area contributed by atoms with Crippen LogP contribution in [-0.2, 0) is 9.53 Å². The van der Waals surface area contributed by atoms with Crippen LogP contribution < -0.4 is 0 Å². The van der Waals surface area contributed by atoms with Gasteiger partial charge in [0.2, 0.25) is 0 Å². The van der Waals surface area contributed by atoms with E-state index in [2.05, 4.69) is 11.3 Å². The molecule has 0 atom stereocenters.